The van der Waals surface area contributed by atoms with Crippen molar-refractivity contribution in [3.63, 3.8) is 0 Å². The lowest BCUT2D eigenvalue weighted by atomic mass is 9.84. The predicted molar refractivity (Wildman–Crippen MR) is 269 cm³/mol. The van der Waals surface area contributed by atoms with Gasteiger partial charge in [0.25, 0.3) is 0 Å². The van der Waals surface area contributed by atoms with Crippen LogP contribution in [-0.4, -0.2) is 0 Å². The summed E-state index contributed by atoms with van der Waals surface area (Å²) in [4.78, 5) is 2.51. The molecule has 11 aromatic carbocycles. The van der Waals surface area contributed by atoms with E-state index in [4.69, 9.17) is 0 Å². The smallest absolute Gasteiger partial charge is 0.0618 e. The van der Waals surface area contributed by atoms with Crippen LogP contribution < -0.4 is 4.90 Å². The molecule has 1 nitrogen and oxygen atoms in total. The average molecular weight is 802 g/mol. The summed E-state index contributed by atoms with van der Waals surface area (Å²) >= 11 is 0. The zero-order chi connectivity index (χ0) is 42.0. The molecule has 0 heterocycles. The van der Waals surface area contributed by atoms with E-state index in [0.717, 1.165) is 39.3 Å². The fourth-order valence-corrected chi connectivity index (χ4v) is 9.42. The first-order valence-corrected chi connectivity index (χ1v) is 21.7. The van der Waals surface area contributed by atoms with Gasteiger partial charge in [0, 0.05) is 22.5 Å². The molecule has 0 saturated carbocycles. The second-order valence-corrected chi connectivity index (χ2v) is 16.0. The summed E-state index contributed by atoms with van der Waals surface area (Å²) < 4.78 is 0. The zero-order valence-electron chi connectivity index (χ0n) is 34.8. The van der Waals surface area contributed by atoms with Gasteiger partial charge in [0.05, 0.1) is 5.69 Å². The van der Waals surface area contributed by atoms with Crippen LogP contribution in [0.4, 0.5) is 17.1 Å². The highest BCUT2D eigenvalue weighted by atomic mass is 15.1. The van der Waals surface area contributed by atoms with E-state index in [9.17, 15) is 0 Å². The lowest BCUT2D eigenvalue weighted by molar-refractivity contribution is 1.29. The Hall–Kier alpha value is -8.26. The SMILES string of the molecule is c1ccc(-c2ccc(N(c3ccc4c(c3)c(-c3ccccc3)c(-c3ccccc3)c3ccccc34)c3c(-c4ccccc4)cccc3-c3ccccc3)cc2-c2ccccc2)cc1. The van der Waals surface area contributed by atoms with Gasteiger partial charge in [0.2, 0.25) is 0 Å². The maximum atomic E-state index is 2.51. The molecule has 63 heavy (non-hydrogen) atoms. The number of anilines is 3. The van der Waals surface area contributed by atoms with Gasteiger partial charge in [0.1, 0.15) is 0 Å². The molecule has 0 N–H and O–H groups in total. The first-order valence-electron chi connectivity index (χ1n) is 21.7. The van der Waals surface area contributed by atoms with Gasteiger partial charge in [-0.05, 0) is 101 Å². The van der Waals surface area contributed by atoms with Gasteiger partial charge < -0.3 is 4.90 Å². The number of fused-ring (bicyclic) bond motifs is 3. The number of hydrogen-bond donors (Lipinski definition) is 0. The molecule has 0 spiro atoms. The Labute approximate surface area is 369 Å². The largest absolute Gasteiger partial charge is 0.309 e. The Bertz CT molecular complexity index is 3290. The maximum absolute atomic E-state index is 2.51. The number of hydrogen-bond acceptors (Lipinski definition) is 1. The Balaban J connectivity index is 1.28. The summed E-state index contributed by atoms with van der Waals surface area (Å²) in [5.41, 5.74) is 17.4. The monoisotopic (exact) mass is 801 g/mol. The number of para-hydroxylation sites is 1. The topological polar surface area (TPSA) is 3.24 Å². The quantitative estimate of drug-likeness (QED) is 0.131. The van der Waals surface area contributed by atoms with E-state index in [1.165, 1.54) is 66.1 Å². The third-order valence-corrected chi connectivity index (χ3v) is 12.3. The molecule has 0 amide bonds. The lowest BCUT2D eigenvalue weighted by Crippen LogP contribution is -2.13. The molecule has 11 rings (SSSR count). The normalized spacial score (nSPS) is 11.2. The van der Waals surface area contributed by atoms with Gasteiger partial charge in [0.15, 0.2) is 0 Å². The highest BCUT2D eigenvalue weighted by molar-refractivity contribution is 6.22. The first kappa shape index (κ1) is 37.7. The molecule has 0 fully saturated rings. The van der Waals surface area contributed by atoms with Crippen LogP contribution in [0.1, 0.15) is 0 Å². The number of benzene rings is 11. The van der Waals surface area contributed by atoms with Crippen molar-refractivity contribution in [3.05, 3.63) is 261 Å². The minimum absolute atomic E-state index is 1.07. The molecule has 0 aliphatic carbocycles. The number of rotatable bonds is 9. The van der Waals surface area contributed by atoms with Crippen LogP contribution in [0.2, 0.25) is 0 Å². The molecular weight excluding hydrogens is 759 g/mol. The standard InChI is InChI=1S/C62H43N/c1-7-22-44(23-8-1)52-40-38-50(42-58(52)47-28-13-4-14-29-47)63(62-53(45-24-9-2-10-25-45)36-21-37-54(62)46-26-11-3-12-27-46)51-39-41-56-55-34-19-20-35-57(55)60(48-30-15-5-16-31-48)61(59(56)43-51)49-32-17-6-18-33-49/h1-43H. The maximum Gasteiger partial charge on any atom is 0.0618 e. The van der Waals surface area contributed by atoms with E-state index in [-0.39, 0.29) is 0 Å². The average Bonchev–Trinajstić information content (AvgIpc) is 3.37. The van der Waals surface area contributed by atoms with E-state index >= 15 is 0 Å². The van der Waals surface area contributed by atoms with Gasteiger partial charge in [-0.3, -0.25) is 0 Å². The fourth-order valence-electron chi connectivity index (χ4n) is 9.42. The zero-order valence-corrected chi connectivity index (χ0v) is 34.8. The van der Waals surface area contributed by atoms with Crippen molar-refractivity contribution >= 4 is 38.6 Å². The Morgan fingerprint density at radius 1 is 0.206 bits per heavy atom. The molecule has 0 atom stereocenters. The van der Waals surface area contributed by atoms with Gasteiger partial charge in [-0.15, -0.1) is 0 Å². The van der Waals surface area contributed by atoms with E-state index in [0.29, 0.717) is 0 Å². The van der Waals surface area contributed by atoms with E-state index in [2.05, 4.69) is 266 Å². The van der Waals surface area contributed by atoms with Crippen LogP contribution in [0.25, 0.3) is 88.3 Å². The van der Waals surface area contributed by atoms with E-state index < -0.39 is 0 Å². The summed E-state index contributed by atoms with van der Waals surface area (Å²) in [5, 5.41) is 4.89. The highest BCUT2D eigenvalue weighted by Gasteiger charge is 2.25. The second kappa shape index (κ2) is 16.7. The van der Waals surface area contributed by atoms with Crippen molar-refractivity contribution in [1.29, 1.82) is 0 Å². The van der Waals surface area contributed by atoms with Crippen LogP contribution in [0.3, 0.4) is 0 Å². The third-order valence-electron chi connectivity index (χ3n) is 12.3. The molecular formula is C62H43N. The van der Waals surface area contributed by atoms with Crippen LogP contribution in [0.15, 0.2) is 261 Å². The molecule has 11 aromatic rings. The van der Waals surface area contributed by atoms with Crippen molar-refractivity contribution in [2.75, 3.05) is 4.90 Å². The Kier molecular flexibility index (Phi) is 9.97. The molecule has 0 aliphatic rings. The van der Waals surface area contributed by atoms with E-state index in [1.54, 1.807) is 0 Å². The minimum atomic E-state index is 1.07. The van der Waals surface area contributed by atoms with Crippen molar-refractivity contribution in [2.45, 2.75) is 0 Å². The van der Waals surface area contributed by atoms with Crippen molar-refractivity contribution in [3.8, 4) is 66.8 Å². The van der Waals surface area contributed by atoms with Crippen molar-refractivity contribution in [1.82, 2.24) is 0 Å². The van der Waals surface area contributed by atoms with Crippen LogP contribution >= 0.6 is 0 Å². The summed E-state index contributed by atoms with van der Waals surface area (Å²) in [6.07, 6.45) is 0. The van der Waals surface area contributed by atoms with Gasteiger partial charge in [-0.25, -0.2) is 0 Å². The summed E-state index contributed by atoms with van der Waals surface area (Å²) in [6, 6.07) is 94.8. The molecule has 0 unspecified atom stereocenters. The molecule has 0 bridgehead atoms. The van der Waals surface area contributed by atoms with Crippen molar-refractivity contribution in [2.24, 2.45) is 0 Å². The van der Waals surface area contributed by atoms with Gasteiger partial charge >= 0.3 is 0 Å². The summed E-state index contributed by atoms with van der Waals surface area (Å²) in [7, 11) is 0. The van der Waals surface area contributed by atoms with Gasteiger partial charge in [-0.2, -0.15) is 0 Å². The van der Waals surface area contributed by atoms with Crippen molar-refractivity contribution < 1.29 is 0 Å². The predicted octanol–water partition coefficient (Wildman–Crippen LogP) is 17.5. The number of nitrogens with zero attached hydrogens (tertiary/aromatic N) is 1. The van der Waals surface area contributed by atoms with Crippen LogP contribution in [0.5, 0.6) is 0 Å². The molecule has 0 saturated heterocycles. The first-order chi connectivity index (χ1) is 31.3. The molecule has 296 valence electrons. The van der Waals surface area contributed by atoms with Crippen LogP contribution in [0, 0.1) is 0 Å². The van der Waals surface area contributed by atoms with E-state index in [1.807, 2.05) is 0 Å². The molecule has 0 radical (unpaired) electrons. The van der Waals surface area contributed by atoms with Crippen LogP contribution in [-0.2, 0) is 0 Å². The van der Waals surface area contributed by atoms with Gasteiger partial charge in [-0.1, -0.05) is 237 Å². The fraction of sp³-hybridized carbons (Fsp3) is 0. The molecule has 0 aromatic heterocycles. The Morgan fingerprint density at radius 2 is 0.571 bits per heavy atom. The second-order valence-electron chi connectivity index (χ2n) is 16.0. The Morgan fingerprint density at radius 3 is 1.08 bits per heavy atom. The minimum Gasteiger partial charge on any atom is -0.309 e. The summed E-state index contributed by atoms with van der Waals surface area (Å²) in [6.45, 7) is 0. The summed E-state index contributed by atoms with van der Waals surface area (Å²) in [5.74, 6) is 0. The molecule has 0 aliphatic heterocycles. The third kappa shape index (κ3) is 7.06. The lowest BCUT2D eigenvalue weighted by Gasteiger charge is -2.32. The molecule has 1 heteroatoms. The highest BCUT2D eigenvalue weighted by Crippen LogP contribution is 2.51.